The lowest BCUT2D eigenvalue weighted by Gasteiger charge is -2.15. The number of halogens is 1. The number of amides is 3. The summed E-state index contributed by atoms with van der Waals surface area (Å²) in [6.45, 7) is 5.29. The van der Waals surface area contributed by atoms with Crippen LogP contribution in [-0.4, -0.2) is 19.0 Å². The normalized spacial score (nSPS) is 11.8. The van der Waals surface area contributed by atoms with Crippen LogP contribution >= 0.6 is 0 Å². The van der Waals surface area contributed by atoms with Crippen molar-refractivity contribution in [1.82, 2.24) is 10.6 Å². The molecule has 0 saturated carbocycles. The number of carbonyl (C=O) groups excluding carboxylic acids is 2. The summed E-state index contributed by atoms with van der Waals surface area (Å²) in [6.07, 6.45) is 0. The van der Waals surface area contributed by atoms with Gasteiger partial charge in [0.15, 0.2) is 0 Å². The van der Waals surface area contributed by atoms with Crippen molar-refractivity contribution in [2.45, 2.75) is 33.4 Å². The van der Waals surface area contributed by atoms with Crippen molar-refractivity contribution >= 4 is 28.6 Å². The first-order chi connectivity index (χ1) is 14.3. The van der Waals surface area contributed by atoms with Gasteiger partial charge in [-0.1, -0.05) is 6.07 Å². The van der Waals surface area contributed by atoms with Gasteiger partial charge in [0.05, 0.1) is 18.8 Å². The minimum Gasteiger partial charge on any atom is -0.495 e. The molecule has 3 amide bonds. The van der Waals surface area contributed by atoms with Gasteiger partial charge < -0.3 is 25.1 Å². The fraction of sp³-hybridized carbons (Fsp3) is 0.273. The van der Waals surface area contributed by atoms with Gasteiger partial charge in [-0.05, 0) is 49.7 Å². The number of nitrogens with one attached hydrogen (secondary N) is 3. The second-order valence-corrected chi connectivity index (χ2v) is 7.00. The van der Waals surface area contributed by atoms with Gasteiger partial charge in [-0.2, -0.15) is 0 Å². The zero-order valence-electron chi connectivity index (χ0n) is 17.3. The molecule has 0 saturated heterocycles. The highest BCUT2D eigenvalue weighted by Gasteiger charge is 2.19. The van der Waals surface area contributed by atoms with Crippen molar-refractivity contribution in [3.05, 3.63) is 59.1 Å². The van der Waals surface area contributed by atoms with Crippen LogP contribution in [0.25, 0.3) is 11.0 Å². The minimum absolute atomic E-state index is 0.217. The number of hydrogen-bond donors (Lipinski definition) is 3. The third-order valence-corrected chi connectivity index (χ3v) is 4.70. The van der Waals surface area contributed by atoms with Crippen LogP contribution in [0.5, 0.6) is 5.75 Å². The molecule has 1 unspecified atom stereocenters. The van der Waals surface area contributed by atoms with Gasteiger partial charge in [0, 0.05) is 24.4 Å². The molecule has 0 aliphatic carbocycles. The summed E-state index contributed by atoms with van der Waals surface area (Å²) in [5.41, 5.74) is 2.68. The van der Waals surface area contributed by atoms with Crippen molar-refractivity contribution in [3.63, 3.8) is 0 Å². The summed E-state index contributed by atoms with van der Waals surface area (Å²) >= 11 is 0. The molecule has 1 atom stereocenters. The van der Waals surface area contributed by atoms with E-state index in [1.54, 1.807) is 31.2 Å². The molecule has 8 heteroatoms. The third-order valence-electron chi connectivity index (χ3n) is 4.70. The molecule has 0 spiro atoms. The van der Waals surface area contributed by atoms with Crippen LogP contribution in [0.15, 0.2) is 40.8 Å². The lowest BCUT2D eigenvalue weighted by molar-refractivity contribution is -0.114. The van der Waals surface area contributed by atoms with E-state index in [0.29, 0.717) is 28.2 Å². The quantitative estimate of drug-likeness (QED) is 0.558. The molecular weight excluding hydrogens is 389 g/mol. The predicted molar refractivity (Wildman–Crippen MR) is 112 cm³/mol. The van der Waals surface area contributed by atoms with Crippen LogP contribution in [0.4, 0.5) is 14.9 Å². The fourth-order valence-corrected chi connectivity index (χ4v) is 3.27. The molecule has 0 aliphatic rings. The van der Waals surface area contributed by atoms with E-state index in [4.69, 9.17) is 9.15 Å². The molecule has 1 aromatic heterocycles. The number of benzene rings is 2. The summed E-state index contributed by atoms with van der Waals surface area (Å²) in [5.74, 6) is 0.549. The van der Waals surface area contributed by atoms with Crippen molar-refractivity contribution < 1.29 is 23.1 Å². The van der Waals surface area contributed by atoms with E-state index in [0.717, 1.165) is 11.1 Å². The lowest BCUT2D eigenvalue weighted by atomic mass is 10.1. The van der Waals surface area contributed by atoms with E-state index in [1.165, 1.54) is 26.2 Å². The molecular formula is C22H24FN3O4. The van der Waals surface area contributed by atoms with Gasteiger partial charge in [0.1, 0.15) is 22.9 Å². The number of carbonyl (C=O) groups is 2. The van der Waals surface area contributed by atoms with Gasteiger partial charge in [-0.25, -0.2) is 9.18 Å². The summed E-state index contributed by atoms with van der Waals surface area (Å²) < 4.78 is 24.5. The Bertz CT molecular complexity index is 1090. The molecule has 3 rings (SSSR count). The maximum Gasteiger partial charge on any atom is 0.315 e. The van der Waals surface area contributed by atoms with Gasteiger partial charge in [0.25, 0.3) is 0 Å². The van der Waals surface area contributed by atoms with Gasteiger partial charge in [0.2, 0.25) is 5.91 Å². The van der Waals surface area contributed by atoms with E-state index in [1.807, 2.05) is 6.92 Å². The van der Waals surface area contributed by atoms with Crippen molar-refractivity contribution in [3.8, 4) is 5.75 Å². The van der Waals surface area contributed by atoms with E-state index >= 15 is 0 Å². The van der Waals surface area contributed by atoms with Crippen molar-refractivity contribution in [2.24, 2.45) is 0 Å². The standard InChI is InChI=1S/C22H24FN3O4/c1-12-17-10-16(23)6-8-19(17)30-21(12)13(2)25-22(28)24-11-15-5-7-20(29-4)18(9-15)26-14(3)27/h5-10,13H,11H2,1-4H3,(H,26,27)(H2,24,25,28). The van der Waals surface area contributed by atoms with Gasteiger partial charge in [-0.3, -0.25) is 4.79 Å². The van der Waals surface area contributed by atoms with Crippen LogP contribution in [0.2, 0.25) is 0 Å². The first-order valence-corrected chi connectivity index (χ1v) is 9.46. The van der Waals surface area contributed by atoms with Gasteiger partial charge >= 0.3 is 6.03 Å². The Kier molecular flexibility index (Phi) is 6.25. The molecule has 0 fully saturated rings. The summed E-state index contributed by atoms with van der Waals surface area (Å²) in [5, 5.41) is 8.98. The topological polar surface area (TPSA) is 92.6 Å². The average Bonchev–Trinajstić information content (AvgIpc) is 3.02. The number of methoxy groups -OCH3 is 1. The second kappa shape index (κ2) is 8.86. The molecule has 1 heterocycles. The largest absolute Gasteiger partial charge is 0.495 e. The van der Waals surface area contributed by atoms with E-state index in [2.05, 4.69) is 16.0 Å². The Labute approximate surface area is 173 Å². The van der Waals surface area contributed by atoms with Crippen LogP contribution in [0, 0.1) is 12.7 Å². The SMILES string of the molecule is COc1ccc(CNC(=O)NC(C)c2oc3ccc(F)cc3c2C)cc1NC(C)=O. The highest BCUT2D eigenvalue weighted by atomic mass is 19.1. The Balaban J connectivity index is 1.65. The first-order valence-electron chi connectivity index (χ1n) is 9.46. The van der Waals surface area contributed by atoms with E-state index in [9.17, 15) is 14.0 Å². The number of hydrogen-bond acceptors (Lipinski definition) is 4. The zero-order valence-corrected chi connectivity index (χ0v) is 17.3. The smallest absolute Gasteiger partial charge is 0.315 e. The maximum absolute atomic E-state index is 13.5. The molecule has 30 heavy (non-hydrogen) atoms. The molecule has 3 aromatic rings. The first kappa shape index (κ1) is 21.2. The number of ether oxygens (including phenoxy) is 1. The van der Waals surface area contributed by atoms with Crippen LogP contribution in [0.3, 0.4) is 0 Å². The highest BCUT2D eigenvalue weighted by Crippen LogP contribution is 2.30. The molecule has 3 N–H and O–H groups in total. The monoisotopic (exact) mass is 413 g/mol. The number of furan rings is 1. The van der Waals surface area contributed by atoms with E-state index < -0.39 is 6.04 Å². The molecule has 158 valence electrons. The Hall–Kier alpha value is -3.55. The maximum atomic E-state index is 13.5. The molecule has 0 bridgehead atoms. The second-order valence-electron chi connectivity index (χ2n) is 7.00. The Morgan fingerprint density at radius 3 is 2.67 bits per heavy atom. The molecule has 0 aliphatic heterocycles. The van der Waals surface area contributed by atoms with Crippen molar-refractivity contribution in [1.29, 1.82) is 0 Å². The highest BCUT2D eigenvalue weighted by molar-refractivity contribution is 5.90. The third kappa shape index (κ3) is 4.71. The summed E-state index contributed by atoms with van der Waals surface area (Å²) in [7, 11) is 1.52. The number of rotatable bonds is 6. The van der Waals surface area contributed by atoms with Crippen LogP contribution < -0.4 is 20.7 Å². The van der Waals surface area contributed by atoms with Crippen molar-refractivity contribution in [2.75, 3.05) is 12.4 Å². The fourth-order valence-electron chi connectivity index (χ4n) is 3.27. The number of aryl methyl sites for hydroxylation is 1. The Morgan fingerprint density at radius 1 is 1.20 bits per heavy atom. The average molecular weight is 413 g/mol. The number of fused-ring (bicyclic) bond motifs is 1. The lowest BCUT2D eigenvalue weighted by Crippen LogP contribution is -2.36. The summed E-state index contributed by atoms with van der Waals surface area (Å²) in [4.78, 5) is 23.7. The molecule has 7 nitrogen and oxygen atoms in total. The van der Waals surface area contributed by atoms with Crippen LogP contribution in [0.1, 0.15) is 36.8 Å². The minimum atomic E-state index is -0.411. The van der Waals surface area contributed by atoms with E-state index in [-0.39, 0.29) is 24.3 Å². The molecule has 2 aromatic carbocycles. The number of urea groups is 1. The van der Waals surface area contributed by atoms with Crippen LogP contribution in [-0.2, 0) is 11.3 Å². The number of anilines is 1. The predicted octanol–water partition coefficient (Wildman–Crippen LogP) is 4.41. The Morgan fingerprint density at radius 2 is 1.97 bits per heavy atom. The zero-order chi connectivity index (χ0) is 21.8. The summed E-state index contributed by atoms with van der Waals surface area (Å²) in [6, 6.07) is 8.79. The molecule has 0 radical (unpaired) electrons. The van der Waals surface area contributed by atoms with Gasteiger partial charge in [-0.15, -0.1) is 0 Å².